The molecule has 0 aliphatic carbocycles. The van der Waals surface area contributed by atoms with E-state index < -0.39 is 0 Å². The molecule has 1 heterocycles. The second-order valence-corrected chi connectivity index (χ2v) is 6.50. The van der Waals surface area contributed by atoms with Gasteiger partial charge in [-0.3, -0.25) is 0 Å². The minimum absolute atomic E-state index is 0.0807. The summed E-state index contributed by atoms with van der Waals surface area (Å²) in [5, 5.41) is 12.8. The Morgan fingerprint density at radius 3 is 2.50 bits per heavy atom. The molecule has 24 heavy (non-hydrogen) atoms. The number of nitrogens with one attached hydrogen (secondary N) is 1. The third kappa shape index (κ3) is 4.79. The van der Waals surface area contributed by atoms with Crippen LogP contribution in [-0.4, -0.2) is 35.7 Å². The average Bonchev–Trinajstić information content (AvgIpc) is 2.63. The van der Waals surface area contributed by atoms with Crippen LogP contribution in [0.1, 0.15) is 24.0 Å². The summed E-state index contributed by atoms with van der Waals surface area (Å²) in [6.45, 7) is 3.27. The Kier molecular flexibility index (Phi) is 5.83. The Labute approximate surface area is 143 Å². The molecule has 0 bridgehead atoms. The number of hydrogen-bond acceptors (Lipinski definition) is 3. The Bertz CT molecular complexity index is 636. The third-order valence-corrected chi connectivity index (χ3v) is 4.70. The molecule has 0 atom stereocenters. The zero-order valence-electron chi connectivity index (χ0n) is 13.9. The van der Waals surface area contributed by atoms with Gasteiger partial charge in [-0.2, -0.15) is 0 Å². The highest BCUT2D eigenvalue weighted by atomic mass is 19.1. The first-order chi connectivity index (χ1) is 11.7. The predicted octanol–water partition coefficient (Wildman–Crippen LogP) is 3.44. The summed E-state index contributed by atoms with van der Waals surface area (Å²) < 4.78 is 12.9. The topological polar surface area (TPSA) is 35.5 Å². The first-order valence-electron chi connectivity index (χ1n) is 8.66. The van der Waals surface area contributed by atoms with Crippen molar-refractivity contribution in [2.45, 2.75) is 31.9 Å². The highest BCUT2D eigenvalue weighted by Crippen LogP contribution is 2.18. The van der Waals surface area contributed by atoms with Gasteiger partial charge in [-0.05, 0) is 54.7 Å². The van der Waals surface area contributed by atoms with Gasteiger partial charge in [-0.15, -0.1) is 0 Å². The number of hydrogen-bond donors (Lipinski definition) is 2. The van der Waals surface area contributed by atoms with Crippen LogP contribution in [0.25, 0.3) is 0 Å². The molecule has 2 N–H and O–H groups in total. The van der Waals surface area contributed by atoms with E-state index in [1.54, 1.807) is 0 Å². The molecule has 128 valence electrons. The van der Waals surface area contributed by atoms with Gasteiger partial charge in [0, 0.05) is 31.4 Å². The van der Waals surface area contributed by atoms with Crippen LogP contribution in [-0.2, 0) is 13.0 Å². The van der Waals surface area contributed by atoms with Gasteiger partial charge in [0.05, 0.1) is 6.61 Å². The monoisotopic (exact) mass is 328 g/mol. The molecule has 1 fully saturated rings. The van der Waals surface area contributed by atoms with Crippen molar-refractivity contribution in [3.05, 3.63) is 65.5 Å². The summed E-state index contributed by atoms with van der Waals surface area (Å²) in [6.07, 6.45) is 3.20. The maximum Gasteiger partial charge on any atom is 0.123 e. The summed E-state index contributed by atoms with van der Waals surface area (Å²) in [4.78, 5) is 2.48. The van der Waals surface area contributed by atoms with Gasteiger partial charge >= 0.3 is 0 Å². The molecule has 0 saturated carbocycles. The normalized spacial score (nSPS) is 16.2. The molecule has 4 heteroatoms. The Morgan fingerprint density at radius 1 is 1.04 bits per heavy atom. The number of benzene rings is 2. The number of piperidine rings is 1. The van der Waals surface area contributed by atoms with Crippen LogP contribution in [0.5, 0.6) is 0 Å². The van der Waals surface area contributed by atoms with E-state index in [0.717, 1.165) is 50.1 Å². The second-order valence-electron chi connectivity index (χ2n) is 6.50. The Morgan fingerprint density at radius 2 is 1.79 bits per heavy atom. The number of rotatable bonds is 6. The molecular formula is C20H25FN2O. The van der Waals surface area contributed by atoms with Gasteiger partial charge in [0.2, 0.25) is 0 Å². The molecule has 0 spiro atoms. The van der Waals surface area contributed by atoms with E-state index in [1.165, 1.54) is 17.7 Å². The van der Waals surface area contributed by atoms with E-state index in [-0.39, 0.29) is 12.4 Å². The van der Waals surface area contributed by atoms with Crippen LogP contribution in [0.15, 0.2) is 48.5 Å². The molecule has 0 amide bonds. The van der Waals surface area contributed by atoms with Crippen molar-refractivity contribution in [3.63, 3.8) is 0 Å². The van der Waals surface area contributed by atoms with Crippen molar-refractivity contribution >= 4 is 5.69 Å². The summed E-state index contributed by atoms with van der Waals surface area (Å²) in [6, 6.07) is 15.3. The Hall–Kier alpha value is -1.91. The van der Waals surface area contributed by atoms with E-state index in [2.05, 4.69) is 16.3 Å². The second kappa shape index (κ2) is 8.27. The third-order valence-electron chi connectivity index (χ3n) is 4.70. The molecule has 0 unspecified atom stereocenters. The van der Waals surface area contributed by atoms with Gasteiger partial charge in [0.1, 0.15) is 5.82 Å². The molecule has 0 aromatic heterocycles. The molecule has 1 saturated heterocycles. The van der Waals surface area contributed by atoms with Crippen molar-refractivity contribution in [1.82, 2.24) is 4.90 Å². The summed E-state index contributed by atoms with van der Waals surface area (Å²) in [5.74, 6) is -0.170. The fourth-order valence-electron chi connectivity index (χ4n) is 3.23. The molecule has 1 aliphatic heterocycles. The molecule has 1 aliphatic rings. The van der Waals surface area contributed by atoms with Crippen LogP contribution in [0.4, 0.5) is 10.1 Å². The van der Waals surface area contributed by atoms with Crippen molar-refractivity contribution in [1.29, 1.82) is 0 Å². The SMILES string of the molecule is OCc1cccc(NC2CCN(CCc3ccc(F)cc3)CC2)c1. The van der Waals surface area contributed by atoms with Crippen LogP contribution in [0, 0.1) is 5.82 Å². The van der Waals surface area contributed by atoms with Gasteiger partial charge in [-0.25, -0.2) is 4.39 Å². The lowest BCUT2D eigenvalue weighted by Crippen LogP contribution is -2.40. The zero-order chi connectivity index (χ0) is 16.8. The predicted molar refractivity (Wildman–Crippen MR) is 95.6 cm³/mol. The molecule has 2 aromatic rings. The number of likely N-dealkylation sites (tertiary alicyclic amines) is 1. The van der Waals surface area contributed by atoms with E-state index >= 15 is 0 Å². The molecular weight excluding hydrogens is 303 g/mol. The van der Waals surface area contributed by atoms with Crippen molar-refractivity contribution in [2.24, 2.45) is 0 Å². The smallest absolute Gasteiger partial charge is 0.123 e. The van der Waals surface area contributed by atoms with E-state index in [0.29, 0.717) is 6.04 Å². The van der Waals surface area contributed by atoms with Crippen LogP contribution in [0.2, 0.25) is 0 Å². The standard InChI is InChI=1S/C20H25FN2O/c21-18-6-4-16(5-7-18)8-11-23-12-9-19(10-13-23)22-20-3-1-2-17(14-20)15-24/h1-7,14,19,22,24H,8-13,15H2. The number of halogens is 1. The minimum atomic E-state index is -0.170. The maximum atomic E-state index is 12.9. The first-order valence-corrected chi connectivity index (χ1v) is 8.66. The number of aliphatic hydroxyl groups excluding tert-OH is 1. The van der Waals surface area contributed by atoms with Gasteiger partial charge in [0.25, 0.3) is 0 Å². The average molecular weight is 328 g/mol. The minimum Gasteiger partial charge on any atom is -0.392 e. The van der Waals surface area contributed by atoms with Gasteiger partial charge < -0.3 is 15.3 Å². The lowest BCUT2D eigenvalue weighted by molar-refractivity contribution is 0.221. The Balaban J connectivity index is 1.42. The molecule has 3 nitrogen and oxygen atoms in total. The lowest BCUT2D eigenvalue weighted by Gasteiger charge is -2.33. The summed E-state index contributed by atoms with van der Waals surface area (Å²) >= 11 is 0. The van der Waals surface area contributed by atoms with Crippen molar-refractivity contribution in [2.75, 3.05) is 25.0 Å². The lowest BCUT2D eigenvalue weighted by atomic mass is 10.0. The molecule has 2 aromatic carbocycles. The first kappa shape index (κ1) is 16.9. The van der Waals surface area contributed by atoms with Gasteiger partial charge in [0.15, 0.2) is 0 Å². The fourth-order valence-corrected chi connectivity index (χ4v) is 3.23. The van der Waals surface area contributed by atoms with Gasteiger partial charge in [-0.1, -0.05) is 24.3 Å². The largest absolute Gasteiger partial charge is 0.392 e. The number of anilines is 1. The maximum absolute atomic E-state index is 12.9. The molecule has 3 rings (SSSR count). The van der Waals surface area contributed by atoms with E-state index in [9.17, 15) is 9.50 Å². The zero-order valence-corrected chi connectivity index (χ0v) is 13.9. The number of nitrogens with zero attached hydrogens (tertiary/aromatic N) is 1. The van der Waals surface area contributed by atoms with Crippen molar-refractivity contribution < 1.29 is 9.50 Å². The fraction of sp³-hybridized carbons (Fsp3) is 0.400. The van der Waals surface area contributed by atoms with Crippen LogP contribution < -0.4 is 5.32 Å². The van der Waals surface area contributed by atoms with E-state index in [4.69, 9.17) is 0 Å². The van der Waals surface area contributed by atoms with Crippen LogP contribution >= 0.6 is 0 Å². The summed E-state index contributed by atoms with van der Waals surface area (Å²) in [7, 11) is 0. The van der Waals surface area contributed by atoms with E-state index in [1.807, 2.05) is 30.3 Å². The van der Waals surface area contributed by atoms with Crippen LogP contribution in [0.3, 0.4) is 0 Å². The summed E-state index contributed by atoms with van der Waals surface area (Å²) in [5.41, 5.74) is 3.22. The highest BCUT2D eigenvalue weighted by molar-refractivity contribution is 5.46. The quantitative estimate of drug-likeness (QED) is 0.853. The molecule has 0 radical (unpaired) electrons. The number of aliphatic hydroxyl groups is 1. The highest BCUT2D eigenvalue weighted by Gasteiger charge is 2.18. The van der Waals surface area contributed by atoms with Crippen molar-refractivity contribution in [3.8, 4) is 0 Å².